The lowest BCUT2D eigenvalue weighted by Crippen LogP contribution is -2.41. The fourth-order valence-electron chi connectivity index (χ4n) is 1.46. The first kappa shape index (κ1) is 15.1. The Balaban J connectivity index is 2.71. The molecule has 3 N–H and O–H groups in total. The molecule has 1 atom stereocenters. The summed E-state index contributed by atoms with van der Waals surface area (Å²) in [5.74, 6) is -0.653. The molecule has 1 unspecified atom stereocenters. The molecule has 0 bridgehead atoms. The van der Waals surface area contributed by atoms with Crippen molar-refractivity contribution in [1.29, 1.82) is 0 Å². The summed E-state index contributed by atoms with van der Waals surface area (Å²) in [6, 6.07) is 4.74. The quantitative estimate of drug-likeness (QED) is 0.877. The van der Waals surface area contributed by atoms with E-state index in [1.54, 1.807) is 26.0 Å². The summed E-state index contributed by atoms with van der Waals surface area (Å²) in [7, 11) is 0. The molecule has 0 aliphatic heterocycles. The monoisotopic (exact) mass is 316 g/mol. The smallest absolute Gasteiger partial charge is 0.224 e. The molecule has 1 amide bonds. The third-order valence-corrected chi connectivity index (χ3v) is 3.44. The molecule has 18 heavy (non-hydrogen) atoms. The maximum atomic E-state index is 13.7. The van der Waals surface area contributed by atoms with Gasteiger partial charge >= 0.3 is 0 Å². The molecular weight excluding hydrogens is 299 g/mol. The van der Waals surface area contributed by atoms with Crippen LogP contribution in [0, 0.1) is 11.2 Å². The molecule has 1 aromatic rings. The first-order chi connectivity index (χ1) is 8.24. The van der Waals surface area contributed by atoms with Crippen molar-refractivity contribution in [2.24, 2.45) is 11.1 Å². The second-order valence-electron chi connectivity index (χ2n) is 5.02. The average Bonchev–Trinajstić information content (AvgIpc) is 2.25. The van der Waals surface area contributed by atoms with Crippen LogP contribution >= 0.6 is 15.9 Å². The van der Waals surface area contributed by atoms with Crippen molar-refractivity contribution < 1.29 is 9.18 Å². The number of benzene rings is 1. The predicted octanol–water partition coefficient (Wildman–Crippen LogP) is 2.75. The topological polar surface area (TPSA) is 55.1 Å². The first-order valence-electron chi connectivity index (χ1n) is 5.72. The standard InChI is InChI=1S/C13H18BrFN2O/c1-8(17-7-13(2,3)12(16)18)10-5-4-9(14)6-11(10)15/h4-6,8,17H,7H2,1-3H3,(H2,16,18). The van der Waals surface area contributed by atoms with Gasteiger partial charge in [-0.3, -0.25) is 4.79 Å². The Bertz CT molecular complexity index is 449. The van der Waals surface area contributed by atoms with E-state index in [9.17, 15) is 9.18 Å². The number of nitrogens with one attached hydrogen (secondary N) is 1. The highest BCUT2D eigenvalue weighted by Crippen LogP contribution is 2.22. The van der Waals surface area contributed by atoms with Gasteiger partial charge in [0, 0.05) is 22.6 Å². The molecule has 1 rings (SSSR count). The zero-order valence-corrected chi connectivity index (χ0v) is 12.3. The summed E-state index contributed by atoms with van der Waals surface area (Å²) >= 11 is 3.21. The number of rotatable bonds is 5. The Labute approximate surface area is 115 Å². The summed E-state index contributed by atoms with van der Waals surface area (Å²) in [5, 5.41) is 3.12. The molecule has 1 aromatic carbocycles. The predicted molar refractivity (Wildman–Crippen MR) is 73.5 cm³/mol. The Hall–Kier alpha value is -0.940. The number of halogens is 2. The van der Waals surface area contributed by atoms with Crippen molar-refractivity contribution in [1.82, 2.24) is 5.32 Å². The first-order valence-corrected chi connectivity index (χ1v) is 6.51. The highest BCUT2D eigenvalue weighted by atomic mass is 79.9. The normalized spacial score (nSPS) is 13.4. The second kappa shape index (κ2) is 5.80. The number of hydrogen-bond donors (Lipinski definition) is 2. The van der Waals surface area contributed by atoms with Crippen molar-refractivity contribution in [3.05, 3.63) is 34.1 Å². The van der Waals surface area contributed by atoms with Gasteiger partial charge in [-0.05, 0) is 32.9 Å². The summed E-state index contributed by atoms with van der Waals surface area (Å²) in [4.78, 5) is 11.2. The molecule has 0 radical (unpaired) electrons. The molecule has 0 aromatic heterocycles. The molecule has 0 saturated carbocycles. The van der Waals surface area contributed by atoms with Crippen LogP contribution in [0.15, 0.2) is 22.7 Å². The van der Waals surface area contributed by atoms with Gasteiger partial charge in [0.15, 0.2) is 0 Å². The van der Waals surface area contributed by atoms with E-state index in [1.807, 2.05) is 6.92 Å². The molecule has 100 valence electrons. The van der Waals surface area contributed by atoms with E-state index in [0.29, 0.717) is 16.6 Å². The molecule has 5 heteroatoms. The van der Waals surface area contributed by atoms with Crippen LogP contribution in [0.25, 0.3) is 0 Å². The van der Waals surface area contributed by atoms with Gasteiger partial charge in [0.1, 0.15) is 5.82 Å². The lowest BCUT2D eigenvalue weighted by Gasteiger charge is -2.24. The largest absolute Gasteiger partial charge is 0.369 e. The molecule has 0 heterocycles. The summed E-state index contributed by atoms with van der Waals surface area (Å²) in [5.41, 5.74) is 5.20. The number of carbonyl (C=O) groups excluding carboxylic acids is 1. The van der Waals surface area contributed by atoms with Crippen LogP contribution in [0.3, 0.4) is 0 Å². The number of amides is 1. The lowest BCUT2D eigenvalue weighted by atomic mass is 9.92. The van der Waals surface area contributed by atoms with Gasteiger partial charge in [-0.25, -0.2) is 4.39 Å². The van der Waals surface area contributed by atoms with E-state index < -0.39 is 5.41 Å². The Morgan fingerprint density at radius 3 is 2.67 bits per heavy atom. The van der Waals surface area contributed by atoms with E-state index in [2.05, 4.69) is 21.2 Å². The van der Waals surface area contributed by atoms with E-state index in [4.69, 9.17) is 5.73 Å². The number of primary amides is 1. The molecule has 0 saturated heterocycles. The third kappa shape index (κ3) is 3.78. The highest BCUT2D eigenvalue weighted by molar-refractivity contribution is 9.10. The number of carbonyl (C=O) groups is 1. The SMILES string of the molecule is CC(NCC(C)(C)C(N)=O)c1ccc(Br)cc1F. The van der Waals surface area contributed by atoms with Gasteiger partial charge in [0.25, 0.3) is 0 Å². The minimum atomic E-state index is -0.653. The number of hydrogen-bond acceptors (Lipinski definition) is 2. The van der Waals surface area contributed by atoms with Gasteiger partial charge < -0.3 is 11.1 Å². The second-order valence-corrected chi connectivity index (χ2v) is 5.93. The van der Waals surface area contributed by atoms with Crippen LogP contribution in [0.4, 0.5) is 4.39 Å². The minimum Gasteiger partial charge on any atom is -0.369 e. The molecule has 0 fully saturated rings. The van der Waals surface area contributed by atoms with Crippen LogP contribution in [-0.4, -0.2) is 12.5 Å². The van der Waals surface area contributed by atoms with Gasteiger partial charge in [-0.15, -0.1) is 0 Å². The molecule has 0 aliphatic carbocycles. The Morgan fingerprint density at radius 1 is 1.56 bits per heavy atom. The molecular formula is C13H18BrFN2O. The summed E-state index contributed by atoms with van der Waals surface area (Å²) < 4.78 is 14.4. The van der Waals surface area contributed by atoms with E-state index >= 15 is 0 Å². The Morgan fingerprint density at radius 2 is 2.17 bits per heavy atom. The summed E-state index contributed by atoms with van der Waals surface area (Å²) in [6.07, 6.45) is 0. The zero-order valence-electron chi connectivity index (χ0n) is 10.8. The van der Waals surface area contributed by atoms with Crippen LogP contribution in [0.5, 0.6) is 0 Å². The van der Waals surface area contributed by atoms with E-state index in [-0.39, 0.29) is 17.8 Å². The molecule has 3 nitrogen and oxygen atoms in total. The van der Waals surface area contributed by atoms with Crippen LogP contribution < -0.4 is 11.1 Å². The lowest BCUT2D eigenvalue weighted by molar-refractivity contribution is -0.125. The fourth-order valence-corrected chi connectivity index (χ4v) is 1.79. The molecule has 0 aliphatic rings. The zero-order chi connectivity index (χ0) is 13.9. The van der Waals surface area contributed by atoms with Crippen molar-refractivity contribution >= 4 is 21.8 Å². The maximum Gasteiger partial charge on any atom is 0.224 e. The van der Waals surface area contributed by atoms with Gasteiger partial charge in [0.2, 0.25) is 5.91 Å². The van der Waals surface area contributed by atoms with Crippen LogP contribution in [0.1, 0.15) is 32.4 Å². The summed E-state index contributed by atoms with van der Waals surface area (Å²) in [6.45, 7) is 5.77. The van der Waals surface area contributed by atoms with Gasteiger partial charge in [-0.1, -0.05) is 22.0 Å². The maximum absolute atomic E-state index is 13.7. The molecule has 0 spiro atoms. The van der Waals surface area contributed by atoms with Gasteiger partial charge in [-0.2, -0.15) is 0 Å². The van der Waals surface area contributed by atoms with Crippen molar-refractivity contribution in [3.8, 4) is 0 Å². The third-order valence-electron chi connectivity index (χ3n) is 2.95. The van der Waals surface area contributed by atoms with Gasteiger partial charge in [0.05, 0.1) is 5.41 Å². The Kier molecular flexibility index (Phi) is 4.87. The average molecular weight is 317 g/mol. The number of nitrogens with two attached hydrogens (primary N) is 1. The van der Waals surface area contributed by atoms with E-state index in [0.717, 1.165) is 0 Å². The minimum absolute atomic E-state index is 0.184. The fraction of sp³-hybridized carbons (Fsp3) is 0.462. The van der Waals surface area contributed by atoms with Crippen molar-refractivity contribution in [2.75, 3.05) is 6.54 Å². The van der Waals surface area contributed by atoms with Crippen LogP contribution in [-0.2, 0) is 4.79 Å². The highest BCUT2D eigenvalue weighted by Gasteiger charge is 2.25. The van der Waals surface area contributed by atoms with Crippen molar-refractivity contribution in [3.63, 3.8) is 0 Å². The van der Waals surface area contributed by atoms with E-state index in [1.165, 1.54) is 6.07 Å². The van der Waals surface area contributed by atoms with Crippen LogP contribution in [0.2, 0.25) is 0 Å². The van der Waals surface area contributed by atoms with Crippen molar-refractivity contribution in [2.45, 2.75) is 26.8 Å².